The van der Waals surface area contributed by atoms with Crippen LogP contribution in [0.4, 0.5) is 5.69 Å². The fraction of sp³-hybridized carbons (Fsp3) is 0.318. The number of anilines is 1. The molecule has 144 valence electrons. The van der Waals surface area contributed by atoms with Crippen molar-refractivity contribution in [1.29, 1.82) is 0 Å². The summed E-state index contributed by atoms with van der Waals surface area (Å²) in [6.07, 6.45) is 0.771. The quantitative estimate of drug-likeness (QED) is 0.730. The Morgan fingerprint density at radius 2 is 1.96 bits per heavy atom. The lowest BCUT2D eigenvalue weighted by Crippen LogP contribution is -2.32. The summed E-state index contributed by atoms with van der Waals surface area (Å²) in [5, 5.41) is 3.12. The molecule has 2 aromatic carbocycles. The number of H-pyrrole nitrogens is 1. The van der Waals surface area contributed by atoms with E-state index in [-0.39, 0.29) is 23.8 Å². The number of aromatic amines is 1. The average molecular weight is 376 g/mol. The molecule has 1 aliphatic rings. The Labute approximate surface area is 164 Å². The summed E-state index contributed by atoms with van der Waals surface area (Å²) < 4.78 is 0. The van der Waals surface area contributed by atoms with Crippen LogP contribution in [0, 0.1) is 5.92 Å². The number of hydrogen-bond donors (Lipinski definition) is 2. The van der Waals surface area contributed by atoms with E-state index in [0.717, 1.165) is 34.5 Å². The van der Waals surface area contributed by atoms with Gasteiger partial charge < -0.3 is 15.2 Å². The van der Waals surface area contributed by atoms with Crippen molar-refractivity contribution in [3.05, 3.63) is 59.4 Å². The number of imidazole rings is 1. The molecular weight excluding hydrogens is 352 g/mol. The van der Waals surface area contributed by atoms with Crippen molar-refractivity contribution >= 4 is 28.5 Å². The van der Waals surface area contributed by atoms with Gasteiger partial charge in [-0.2, -0.15) is 0 Å². The molecule has 0 aliphatic carbocycles. The molecule has 6 nitrogen and oxygen atoms in total. The van der Waals surface area contributed by atoms with Crippen LogP contribution in [0.3, 0.4) is 0 Å². The first-order valence-corrected chi connectivity index (χ1v) is 9.60. The molecule has 0 fully saturated rings. The van der Waals surface area contributed by atoms with Gasteiger partial charge in [0.05, 0.1) is 17.1 Å². The van der Waals surface area contributed by atoms with Gasteiger partial charge in [-0.15, -0.1) is 0 Å². The van der Waals surface area contributed by atoms with Crippen molar-refractivity contribution in [1.82, 2.24) is 15.3 Å². The monoisotopic (exact) mass is 376 g/mol. The third-order valence-electron chi connectivity index (χ3n) is 5.27. The van der Waals surface area contributed by atoms with Gasteiger partial charge in [0.15, 0.2) is 0 Å². The van der Waals surface area contributed by atoms with Crippen LogP contribution in [0.15, 0.2) is 42.5 Å². The van der Waals surface area contributed by atoms with E-state index in [1.807, 2.05) is 36.4 Å². The van der Waals surface area contributed by atoms with E-state index in [9.17, 15) is 9.59 Å². The summed E-state index contributed by atoms with van der Waals surface area (Å²) in [7, 11) is 0. The Kier molecular flexibility index (Phi) is 4.63. The molecule has 0 saturated heterocycles. The highest BCUT2D eigenvalue weighted by molar-refractivity contribution is 5.98. The lowest BCUT2D eigenvalue weighted by Gasteiger charge is -2.21. The molecule has 28 heavy (non-hydrogen) atoms. The predicted octanol–water partition coefficient (Wildman–Crippen LogP) is 3.60. The first kappa shape index (κ1) is 18.2. The third-order valence-corrected chi connectivity index (χ3v) is 5.27. The number of aromatic nitrogens is 2. The molecule has 1 aromatic heterocycles. The minimum absolute atomic E-state index is 0.0284. The number of nitrogens with zero attached hydrogens (tertiary/aromatic N) is 2. The van der Waals surface area contributed by atoms with Crippen LogP contribution in [-0.2, 0) is 11.2 Å². The van der Waals surface area contributed by atoms with Gasteiger partial charge in [-0.1, -0.05) is 26.0 Å². The zero-order chi connectivity index (χ0) is 19.8. The molecule has 0 bridgehead atoms. The zero-order valence-electron chi connectivity index (χ0n) is 16.3. The van der Waals surface area contributed by atoms with Crippen LogP contribution in [0.2, 0.25) is 0 Å². The minimum Gasteiger partial charge on any atom is -0.342 e. The van der Waals surface area contributed by atoms with Crippen LogP contribution in [0.25, 0.3) is 11.0 Å². The molecule has 2 amide bonds. The van der Waals surface area contributed by atoms with Crippen molar-refractivity contribution in [2.45, 2.75) is 33.2 Å². The molecule has 1 unspecified atom stereocenters. The van der Waals surface area contributed by atoms with E-state index in [4.69, 9.17) is 0 Å². The molecule has 0 radical (unpaired) electrons. The molecule has 6 heteroatoms. The highest BCUT2D eigenvalue weighted by atomic mass is 16.2. The van der Waals surface area contributed by atoms with Gasteiger partial charge in [-0.05, 0) is 48.2 Å². The molecule has 2 heterocycles. The Hall–Kier alpha value is -3.15. The minimum atomic E-state index is -0.220. The lowest BCUT2D eigenvalue weighted by molar-refractivity contribution is -0.116. The van der Waals surface area contributed by atoms with Crippen LogP contribution in [0.5, 0.6) is 0 Å². The molecule has 4 rings (SSSR count). The molecule has 0 saturated carbocycles. The Morgan fingerprint density at radius 3 is 2.68 bits per heavy atom. The Bertz CT molecular complexity index is 1020. The highest BCUT2D eigenvalue weighted by Crippen LogP contribution is 2.29. The third kappa shape index (κ3) is 3.26. The van der Waals surface area contributed by atoms with Gasteiger partial charge in [0, 0.05) is 24.7 Å². The van der Waals surface area contributed by atoms with E-state index in [1.165, 1.54) is 0 Å². The second-order valence-corrected chi connectivity index (χ2v) is 7.60. The molecular formula is C22H24N4O2. The first-order valence-electron chi connectivity index (χ1n) is 9.60. The number of fused-ring (bicyclic) bond motifs is 2. The lowest BCUT2D eigenvalue weighted by atomic mass is 10.0. The topological polar surface area (TPSA) is 78.1 Å². The van der Waals surface area contributed by atoms with Crippen LogP contribution in [-0.4, -0.2) is 28.3 Å². The number of carbonyl (C=O) groups is 2. The van der Waals surface area contributed by atoms with Crippen molar-refractivity contribution in [2.75, 3.05) is 11.4 Å². The largest absolute Gasteiger partial charge is 0.342 e. The summed E-state index contributed by atoms with van der Waals surface area (Å²) in [6, 6.07) is 13.2. The molecule has 1 aliphatic heterocycles. The number of amides is 2. The Morgan fingerprint density at radius 1 is 1.18 bits per heavy atom. The van der Waals surface area contributed by atoms with Crippen molar-refractivity contribution in [2.24, 2.45) is 5.92 Å². The SMILES string of the molecule is CC(=O)N1CCc2cc(C(=O)NC(c3nc4ccccc4[nH]3)C(C)C)ccc21. The van der Waals surface area contributed by atoms with Gasteiger partial charge in [0.1, 0.15) is 5.82 Å². The normalized spacial score (nSPS) is 14.4. The summed E-state index contributed by atoms with van der Waals surface area (Å²) in [5.41, 5.74) is 4.39. The molecule has 3 aromatic rings. The van der Waals surface area contributed by atoms with Gasteiger partial charge >= 0.3 is 0 Å². The first-order chi connectivity index (χ1) is 13.4. The maximum Gasteiger partial charge on any atom is 0.251 e. The number of carbonyl (C=O) groups excluding carboxylic acids is 2. The number of hydrogen-bond acceptors (Lipinski definition) is 3. The van der Waals surface area contributed by atoms with Gasteiger partial charge in [-0.25, -0.2) is 4.98 Å². The number of benzene rings is 2. The molecule has 2 N–H and O–H groups in total. The van der Waals surface area contributed by atoms with Crippen molar-refractivity contribution in [3.8, 4) is 0 Å². The van der Waals surface area contributed by atoms with E-state index in [0.29, 0.717) is 12.1 Å². The second kappa shape index (κ2) is 7.11. The fourth-order valence-electron chi connectivity index (χ4n) is 3.77. The Balaban J connectivity index is 1.58. The summed E-state index contributed by atoms with van der Waals surface area (Å²) >= 11 is 0. The van der Waals surface area contributed by atoms with Crippen molar-refractivity contribution in [3.63, 3.8) is 0 Å². The number of nitrogens with one attached hydrogen (secondary N) is 2. The van der Waals surface area contributed by atoms with Crippen LogP contribution < -0.4 is 10.2 Å². The number of rotatable bonds is 4. The molecule has 0 spiro atoms. The van der Waals surface area contributed by atoms with E-state index in [2.05, 4.69) is 29.1 Å². The maximum atomic E-state index is 12.9. The van der Waals surface area contributed by atoms with Gasteiger partial charge in [0.2, 0.25) is 5.91 Å². The highest BCUT2D eigenvalue weighted by Gasteiger charge is 2.25. The van der Waals surface area contributed by atoms with Gasteiger partial charge in [0.25, 0.3) is 5.91 Å². The fourth-order valence-corrected chi connectivity index (χ4v) is 3.77. The van der Waals surface area contributed by atoms with Crippen LogP contribution in [0.1, 0.15) is 48.6 Å². The van der Waals surface area contributed by atoms with E-state index >= 15 is 0 Å². The van der Waals surface area contributed by atoms with Crippen LogP contribution >= 0.6 is 0 Å². The second-order valence-electron chi connectivity index (χ2n) is 7.60. The molecule has 1 atom stereocenters. The van der Waals surface area contributed by atoms with E-state index < -0.39 is 0 Å². The van der Waals surface area contributed by atoms with Gasteiger partial charge in [-0.3, -0.25) is 9.59 Å². The zero-order valence-corrected chi connectivity index (χ0v) is 16.3. The average Bonchev–Trinajstić information content (AvgIpc) is 3.28. The number of para-hydroxylation sites is 2. The summed E-state index contributed by atoms with van der Waals surface area (Å²) in [4.78, 5) is 34.4. The predicted molar refractivity (Wildman–Crippen MR) is 109 cm³/mol. The maximum absolute atomic E-state index is 12.9. The standard InChI is InChI=1S/C22H24N4O2/c1-13(2)20(21-23-17-6-4-5-7-18(17)24-21)25-22(28)16-8-9-19-15(12-16)10-11-26(19)14(3)27/h4-9,12-13,20H,10-11H2,1-3H3,(H,23,24)(H,25,28). The van der Waals surface area contributed by atoms with E-state index in [1.54, 1.807) is 17.9 Å². The summed E-state index contributed by atoms with van der Waals surface area (Å²) in [5.74, 6) is 0.824. The smallest absolute Gasteiger partial charge is 0.251 e. The van der Waals surface area contributed by atoms with Crippen molar-refractivity contribution < 1.29 is 9.59 Å². The summed E-state index contributed by atoms with van der Waals surface area (Å²) in [6.45, 7) is 6.36.